The molecule has 3 N–H and O–H groups in total. The largest absolute Gasteiger partial charge is 0.326 e. The van der Waals surface area contributed by atoms with Crippen LogP contribution in [0.2, 0.25) is 0 Å². The third-order valence-electron chi connectivity index (χ3n) is 4.31. The lowest BCUT2D eigenvalue weighted by Gasteiger charge is -2.11. The standard InChI is InChI=1S/C20H20N8O/c1-13(2)28-12-22-27-19(28)16-9-6-10-17(23-16)24-20(29)25-18-15(11-21-26-18)14-7-4-3-5-8-14/h3-13H,1-2H3,(H3,21,23,24,25,26,29). The Hall–Kier alpha value is -4.01. The van der Waals surface area contributed by atoms with Crippen molar-refractivity contribution in [1.82, 2.24) is 29.9 Å². The number of nitrogens with one attached hydrogen (secondary N) is 3. The number of carbonyl (C=O) groups is 1. The Morgan fingerprint density at radius 1 is 1.07 bits per heavy atom. The number of hydrogen-bond acceptors (Lipinski definition) is 5. The van der Waals surface area contributed by atoms with E-state index in [2.05, 4.69) is 36.0 Å². The summed E-state index contributed by atoms with van der Waals surface area (Å²) in [7, 11) is 0. The van der Waals surface area contributed by atoms with Gasteiger partial charge in [-0.15, -0.1) is 10.2 Å². The quantitative estimate of drug-likeness (QED) is 0.479. The molecular formula is C20H20N8O. The van der Waals surface area contributed by atoms with E-state index < -0.39 is 6.03 Å². The number of aromatic nitrogens is 6. The molecule has 29 heavy (non-hydrogen) atoms. The molecule has 0 spiro atoms. The lowest BCUT2D eigenvalue weighted by Crippen LogP contribution is -2.20. The third-order valence-corrected chi connectivity index (χ3v) is 4.31. The summed E-state index contributed by atoms with van der Waals surface area (Å²) in [6, 6.07) is 14.8. The fourth-order valence-corrected chi connectivity index (χ4v) is 2.91. The molecule has 0 fully saturated rings. The highest BCUT2D eigenvalue weighted by Crippen LogP contribution is 2.25. The summed E-state index contributed by atoms with van der Waals surface area (Å²) in [6.07, 6.45) is 3.33. The van der Waals surface area contributed by atoms with Crippen molar-refractivity contribution in [1.29, 1.82) is 0 Å². The van der Waals surface area contributed by atoms with Gasteiger partial charge in [-0.3, -0.25) is 15.7 Å². The minimum atomic E-state index is -0.429. The average molecular weight is 388 g/mol. The van der Waals surface area contributed by atoms with Crippen LogP contribution < -0.4 is 10.6 Å². The second-order valence-corrected chi connectivity index (χ2v) is 6.67. The molecule has 0 aliphatic rings. The van der Waals surface area contributed by atoms with E-state index in [9.17, 15) is 4.79 Å². The first-order valence-corrected chi connectivity index (χ1v) is 9.15. The molecule has 0 bridgehead atoms. The monoisotopic (exact) mass is 388 g/mol. The molecule has 9 nitrogen and oxygen atoms in total. The van der Waals surface area contributed by atoms with Gasteiger partial charge in [0.2, 0.25) is 0 Å². The Labute approximate surface area is 167 Å². The number of benzene rings is 1. The van der Waals surface area contributed by atoms with E-state index in [4.69, 9.17) is 0 Å². The van der Waals surface area contributed by atoms with Crippen molar-refractivity contribution < 1.29 is 4.79 Å². The van der Waals surface area contributed by atoms with Gasteiger partial charge in [-0.2, -0.15) is 5.10 Å². The van der Waals surface area contributed by atoms with E-state index in [1.54, 1.807) is 18.6 Å². The molecule has 0 atom stereocenters. The molecule has 9 heteroatoms. The van der Waals surface area contributed by atoms with Crippen LogP contribution in [0.3, 0.4) is 0 Å². The summed E-state index contributed by atoms with van der Waals surface area (Å²) >= 11 is 0. The summed E-state index contributed by atoms with van der Waals surface area (Å²) < 4.78 is 1.92. The highest BCUT2D eigenvalue weighted by Gasteiger charge is 2.14. The van der Waals surface area contributed by atoms with Crippen molar-refractivity contribution >= 4 is 17.7 Å². The molecule has 146 valence electrons. The van der Waals surface area contributed by atoms with Crippen LogP contribution in [-0.2, 0) is 0 Å². The van der Waals surface area contributed by atoms with Gasteiger partial charge in [-0.05, 0) is 31.5 Å². The summed E-state index contributed by atoms with van der Waals surface area (Å²) in [4.78, 5) is 17.0. The topological polar surface area (TPSA) is 113 Å². The van der Waals surface area contributed by atoms with Crippen molar-refractivity contribution in [2.24, 2.45) is 0 Å². The zero-order valence-electron chi connectivity index (χ0n) is 16.0. The van der Waals surface area contributed by atoms with E-state index >= 15 is 0 Å². The smallest absolute Gasteiger partial charge is 0.310 e. The molecule has 3 aromatic heterocycles. The van der Waals surface area contributed by atoms with Gasteiger partial charge < -0.3 is 4.57 Å². The molecule has 0 unspecified atom stereocenters. The molecule has 3 heterocycles. The number of urea groups is 1. The maximum atomic E-state index is 12.5. The number of amides is 2. The Bertz CT molecular complexity index is 1120. The Morgan fingerprint density at radius 3 is 2.69 bits per heavy atom. The van der Waals surface area contributed by atoms with Gasteiger partial charge in [0, 0.05) is 11.6 Å². The highest BCUT2D eigenvalue weighted by molar-refractivity contribution is 6.01. The van der Waals surface area contributed by atoms with Gasteiger partial charge in [-0.25, -0.2) is 9.78 Å². The number of carbonyl (C=O) groups excluding carboxylic acids is 1. The van der Waals surface area contributed by atoms with Crippen LogP contribution in [0.25, 0.3) is 22.6 Å². The molecule has 4 rings (SSSR count). The molecule has 0 aliphatic carbocycles. The van der Waals surface area contributed by atoms with Crippen LogP contribution in [0.5, 0.6) is 0 Å². The Morgan fingerprint density at radius 2 is 1.90 bits per heavy atom. The molecule has 0 aliphatic heterocycles. The zero-order chi connectivity index (χ0) is 20.2. The molecule has 4 aromatic rings. The van der Waals surface area contributed by atoms with Crippen molar-refractivity contribution in [3.05, 3.63) is 61.1 Å². The summed E-state index contributed by atoms with van der Waals surface area (Å²) in [5, 5.41) is 20.5. The average Bonchev–Trinajstić information content (AvgIpc) is 3.38. The van der Waals surface area contributed by atoms with Gasteiger partial charge in [0.05, 0.1) is 6.20 Å². The molecule has 0 saturated heterocycles. The zero-order valence-corrected chi connectivity index (χ0v) is 16.0. The Kier molecular flexibility index (Phi) is 5.02. The number of anilines is 2. The minimum Gasteiger partial charge on any atom is -0.310 e. The number of pyridine rings is 1. The lowest BCUT2D eigenvalue weighted by atomic mass is 10.1. The molecule has 0 radical (unpaired) electrons. The summed E-state index contributed by atoms with van der Waals surface area (Å²) in [5.74, 6) is 1.55. The van der Waals surface area contributed by atoms with Crippen LogP contribution >= 0.6 is 0 Å². The lowest BCUT2D eigenvalue weighted by molar-refractivity contribution is 0.262. The van der Waals surface area contributed by atoms with Crippen molar-refractivity contribution in [3.8, 4) is 22.6 Å². The van der Waals surface area contributed by atoms with E-state index in [1.807, 2.05) is 60.9 Å². The molecule has 2 amide bonds. The van der Waals surface area contributed by atoms with Gasteiger partial charge in [0.15, 0.2) is 5.82 Å². The normalized spacial score (nSPS) is 10.9. The van der Waals surface area contributed by atoms with E-state index in [0.29, 0.717) is 23.2 Å². The summed E-state index contributed by atoms with van der Waals surface area (Å²) in [6.45, 7) is 4.08. The first-order chi connectivity index (χ1) is 14.1. The second kappa shape index (κ2) is 7.93. The van der Waals surface area contributed by atoms with Crippen molar-refractivity contribution in [2.75, 3.05) is 10.6 Å². The van der Waals surface area contributed by atoms with Gasteiger partial charge in [-0.1, -0.05) is 36.4 Å². The highest BCUT2D eigenvalue weighted by atomic mass is 16.2. The van der Waals surface area contributed by atoms with E-state index in [0.717, 1.165) is 11.1 Å². The number of hydrogen-bond donors (Lipinski definition) is 3. The van der Waals surface area contributed by atoms with Crippen LogP contribution in [-0.4, -0.2) is 36.0 Å². The van der Waals surface area contributed by atoms with Crippen LogP contribution in [0.4, 0.5) is 16.4 Å². The van der Waals surface area contributed by atoms with Gasteiger partial charge in [0.1, 0.15) is 23.7 Å². The number of rotatable bonds is 5. The number of aromatic amines is 1. The molecule has 1 aromatic carbocycles. The van der Waals surface area contributed by atoms with Gasteiger partial charge in [0.25, 0.3) is 0 Å². The van der Waals surface area contributed by atoms with Crippen LogP contribution in [0.15, 0.2) is 61.1 Å². The van der Waals surface area contributed by atoms with Gasteiger partial charge >= 0.3 is 6.03 Å². The van der Waals surface area contributed by atoms with Crippen molar-refractivity contribution in [3.63, 3.8) is 0 Å². The number of nitrogens with zero attached hydrogens (tertiary/aromatic N) is 5. The molecular weight excluding hydrogens is 368 g/mol. The van der Waals surface area contributed by atoms with E-state index in [-0.39, 0.29) is 6.04 Å². The number of H-pyrrole nitrogens is 1. The molecule has 0 saturated carbocycles. The first-order valence-electron chi connectivity index (χ1n) is 9.15. The van der Waals surface area contributed by atoms with Crippen molar-refractivity contribution in [2.45, 2.75) is 19.9 Å². The van der Waals surface area contributed by atoms with Crippen LogP contribution in [0, 0.1) is 0 Å². The van der Waals surface area contributed by atoms with E-state index in [1.165, 1.54) is 0 Å². The summed E-state index contributed by atoms with van der Waals surface area (Å²) in [5.41, 5.74) is 2.37. The van der Waals surface area contributed by atoms with Crippen LogP contribution in [0.1, 0.15) is 19.9 Å². The predicted molar refractivity (Wildman–Crippen MR) is 110 cm³/mol. The fraction of sp³-hybridized carbons (Fsp3) is 0.150. The Balaban J connectivity index is 1.50. The second-order valence-electron chi connectivity index (χ2n) is 6.67. The first kappa shape index (κ1) is 18.4. The minimum absolute atomic E-state index is 0.193. The third kappa shape index (κ3) is 3.98. The SMILES string of the molecule is CC(C)n1cnnc1-c1cccc(NC(=O)Nc2[nH]ncc2-c2ccccc2)n1. The maximum absolute atomic E-state index is 12.5. The predicted octanol–water partition coefficient (Wildman–Crippen LogP) is 3.96. The maximum Gasteiger partial charge on any atom is 0.326 e. The fourth-order valence-electron chi connectivity index (χ4n) is 2.91.